The third-order valence-electron chi connectivity index (χ3n) is 2.88. The van der Waals surface area contributed by atoms with Crippen LogP contribution in [-0.2, 0) is 6.54 Å². The molecule has 0 amide bonds. The molecule has 1 aromatic carbocycles. The highest BCUT2D eigenvalue weighted by molar-refractivity contribution is 5.74. The average molecular weight is 242 g/mol. The number of imidazole rings is 1. The number of fused-ring (bicyclic) bond motifs is 1. The summed E-state index contributed by atoms with van der Waals surface area (Å²) in [6, 6.07) is 10.6. The van der Waals surface area contributed by atoms with E-state index in [-0.39, 0.29) is 6.04 Å². The number of nitriles is 1. The Hall–Kier alpha value is -1.86. The fourth-order valence-electron chi connectivity index (χ4n) is 2.04. The molecule has 1 N–H and O–H groups in total. The lowest BCUT2D eigenvalue weighted by atomic mass is 10.2. The van der Waals surface area contributed by atoms with Gasteiger partial charge in [-0.25, -0.2) is 4.98 Å². The normalized spacial score (nSPS) is 12.8. The zero-order valence-corrected chi connectivity index (χ0v) is 10.8. The second-order valence-corrected chi connectivity index (χ2v) is 4.72. The third-order valence-corrected chi connectivity index (χ3v) is 2.88. The zero-order valence-electron chi connectivity index (χ0n) is 10.8. The van der Waals surface area contributed by atoms with Crippen molar-refractivity contribution in [3.8, 4) is 6.07 Å². The van der Waals surface area contributed by atoms with Crippen molar-refractivity contribution < 1.29 is 0 Å². The number of hydrogen-bond donors (Lipinski definition) is 1. The Bertz CT molecular complexity index is 550. The summed E-state index contributed by atoms with van der Waals surface area (Å²) in [7, 11) is 0. The molecule has 0 radical (unpaired) electrons. The second kappa shape index (κ2) is 5.65. The number of rotatable bonds is 5. The highest BCUT2D eigenvalue weighted by Gasteiger charge is 2.09. The molecule has 0 spiro atoms. The number of nitrogens with one attached hydrogen (secondary N) is 1. The Balaban J connectivity index is 2.04. The van der Waals surface area contributed by atoms with Gasteiger partial charge in [0.15, 0.2) is 0 Å². The number of aromatic nitrogens is 2. The van der Waals surface area contributed by atoms with Crippen LogP contribution in [0, 0.1) is 11.3 Å². The van der Waals surface area contributed by atoms with Gasteiger partial charge >= 0.3 is 0 Å². The number of nitrogens with zero attached hydrogens (tertiary/aromatic N) is 3. The Morgan fingerprint density at radius 3 is 2.89 bits per heavy atom. The van der Waals surface area contributed by atoms with Crippen LogP contribution < -0.4 is 5.32 Å². The van der Waals surface area contributed by atoms with Crippen LogP contribution in [0.4, 0.5) is 0 Å². The summed E-state index contributed by atoms with van der Waals surface area (Å²) in [6.07, 6.45) is 2.63. The van der Waals surface area contributed by atoms with E-state index in [4.69, 9.17) is 5.26 Å². The Morgan fingerprint density at radius 2 is 2.17 bits per heavy atom. The monoisotopic (exact) mass is 242 g/mol. The molecule has 2 rings (SSSR count). The first-order chi connectivity index (χ1) is 8.70. The largest absolute Gasteiger partial charge is 0.330 e. The van der Waals surface area contributed by atoms with Crippen molar-refractivity contribution in [1.29, 1.82) is 5.26 Å². The maximum Gasteiger partial charge on any atom is 0.0972 e. The van der Waals surface area contributed by atoms with Crippen molar-refractivity contribution in [3.63, 3.8) is 0 Å². The van der Waals surface area contributed by atoms with Gasteiger partial charge in [0, 0.05) is 12.6 Å². The number of para-hydroxylation sites is 2. The summed E-state index contributed by atoms with van der Waals surface area (Å²) in [6.45, 7) is 4.91. The van der Waals surface area contributed by atoms with E-state index in [9.17, 15) is 0 Å². The number of hydrogen-bond acceptors (Lipinski definition) is 3. The van der Waals surface area contributed by atoms with Crippen LogP contribution in [0.5, 0.6) is 0 Å². The maximum absolute atomic E-state index is 9.08. The maximum atomic E-state index is 9.08. The molecular weight excluding hydrogens is 224 g/mol. The van der Waals surface area contributed by atoms with Gasteiger partial charge in [0.1, 0.15) is 0 Å². The summed E-state index contributed by atoms with van der Waals surface area (Å²) in [5.41, 5.74) is 2.13. The van der Waals surface area contributed by atoms with E-state index in [0.29, 0.717) is 6.04 Å². The quantitative estimate of drug-likeness (QED) is 0.875. The van der Waals surface area contributed by atoms with Crippen molar-refractivity contribution in [2.45, 2.75) is 38.9 Å². The van der Waals surface area contributed by atoms with E-state index in [1.165, 1.54) is 0 Å². The molecule has 0 bridgehead atoms. The van der Waals surface area contributed by atoms with E-state index in [1.54, 1.807) is 0 Å². The molecule has 0 aliphatic rings. The van der Waals surface area contributed by atoms with E-state index >= 15 is 0 Å². The molecule has 2 aromatic rings. The van der Waals surface area contributed by atoms with Crippen molar-refractivity contribution in [1.82, 2.24) is 14.9 Å². The molecular formula is C14H18N4. The van der Waals surface area contributed by atoms with Crippen molar-refractivity contribution in [2.24, 2.45) is 0 Å². The van der Waals surface area contributed by atoms with Gasteiger partial charge in [-0.2, -0.15) is 5.26 Å². The summed E-state index contributed by atoms with van der Waals surface area (Å²) < 4.78 is 2.10. The standard InChI is InChI=1S/C14H18N4/c1-11(2)17-12(9-15)7-8-18-10-16-13-5-3-4-6-14(13)18/h3-6,10-12,17H,7-8H2,1-2H3. The SMILES string of the molecule is CC(C)NC(C#N)CCn1cnc2ccccc21. The predicted octanol–water partition coefficient (Wildman–Crippen LogP) is 2.32. The van der Waals surface area contributed by atoms with Gasteiger partial charge in [0.05, 0.1) is 29.5 Å². The lowest BCUT2D eigenvalue weighted by Crippen LogP contribution is -2.34. The Kier molecular flexibility index (Phi) is 3.96. The zero-order chi connectivity index (χ0) is 13.0. The Labute approximate surface area is 107 Å². The molecule has 1 atom stereocenters. The topological polar surface area (TPSA) is 53.6 Å². The first-order valence-corrected chi connectivity index (χ1v) is 6.26. The van der Waals surface area contributed by atoms with Gasteiger partial charge in [0.2, 0.25) is 0 Å². The first kappa shape index (κ1) is 12.6. The highest BCUT2D eigenvalue weighted by atomic mass is 15.0. The van der Waals surface area contributed by atoms with Crippen LogP contribution in [0.15, 0.2) is 30.6 Å². The van der Waals surface area contributed by atoms with Crippen LogP contribution >= 0.6 is 0 Å². The fourth-order valence-corrected chi connectivity index (χ4v) is 2.04. The minimum atomic E-state index is -0.105. The van der Waals surface area contributed by atoms with Crippen LogP contribution in [0.25, 0.3) is 11.0 Å². The van der Waals surface area contributed by atoms with Gasteiger partial charge in [-0.05, 0) is 32.4 Å². The van der Waals surface area contributed by atoms with Crippen LogP contribution in [0.3, 0.4) is 0 Å². The lowest BCUT2D eigenvalue weighted by Gasteiger charge is -2.14. The molecule has 0 fully saturated rings. The molecule has 0 saturated carbocycles. The molecule has 1 aromatic heterocycles. The van der Waals surface area contributed by atoms with Crippen molar-refractivity contribution in [2.75, 3.05) is 0 Å². The van der Waals surface area contributed by atoms with E-state index < -0.39 is 0 Å². The van der Waals surface area contributed by atoms with Gasteiger partial charge in [-0.1, -0.05) is 12.1 Å². The number of benzene rings is 1. The molecule has 94 valence electrons. The summed E-state index contributed by atoms with van der Waals surface area (Å²) in [4.78, 5) is 4.34. The third kappa shape index (κ3) is 2.88. The van der Waals surface area contributed by atoms with E-state index in [0.717, 1.165) is 24.0 Å². The number of aryl methyl sites for hydroxylation is 1. The van der Waals surface area contributed by atoms with Gasteiger partial charge in [0.25, 0.3) is 0 Å². The van der Waals surface area contributed by atoms with E-state index in [1.807, 2.05) is 24.5 Å². The van der Waals surface area contributed by atoms with Crippen LogP contribution in [0.2, 0.25) is 0 Å². The molecule has 4 heteroatoms. The van der Waals surface area contributed by atoms with Gasteiger partial charge in [-0.3, -0.25) is 5.32 Å². The summed E-state index contributed by atoms with van der Waals surface area (Å²) in [5, 5.41) is 12.3. The van der Waals surface area contributed by atoms with E-state index in [2.05, 4.69) is 40.9 Å². The van der Waals surface area contributed by atoms with Gasteiger partial charge in [-0.15, -0.1) is 0 Å². The minimum absolute atomic E-state index is 0.105. The smallest absolute Gasteiger partial charge is 0.0972 e. The predicted molar refractivity (Wildman–Crippen MR) is 72.0 cm³/mol. The highest BCUT2D eigenvalue weighted by Crippen LogP contribution is 2.12. The summed E-state index contributed by atoms with van der Waals surface area (Å²) >= 11 is 0. The first-order valence-electron chi connectivity index (χ1n) is 6.26. The second-order valence-electron chi connectivity index (χ2n) is 4.72. The molecule has 0 aliphatic heterocycles. The Morgan fingerprint density at radius 1 is 1.39 bits per heavy atom. The summed E-state index contributed by atoms with van der Waals surface area (Å²) in [5.74, 6) is 0. The van der Waals surface area contributed by atoms with Crippen LogP contribution in [0.1, 0.15) is 20.3 Å². The van der Waals surface area contributed by atoms with Gasteiger partial charge < -0.3 is 4.57 Å². The lowest BCUT2D eigenvalue weighted by molar-refractivity contribution is 0.479. The molecule has 18 heavy (non-hydrogen) atoms. The molecule has 4 nitrogen and oxygen atoms in total. The van der Waals surface area contributed by atoms with Crippen molar-refractivity contribution in [3.05, 3.63) is 30.6 Å². The minimum Gasteiger partial charge on any atom is -0.330 e. The molecule has 0 saturated heterocycles. The molecule has 0 aliphatic carbocycles. The fraction of sp³-hybridized carbons (Fsp3) is 0.429. The van der Waals surface area contributed by atoms with Crippen LogP contribution in [-0.4, -0.2) is 21.6 Å². The molecule has 1 unspecified atom stereocenters. The molecule has 1 heterocycles. The average Bonchev–Trinajstić information content (AvgIpc) is 2.77. The van der Waals surface area contributed by atoms with Crippen molar-refractivity contribution >= 4 is 11.0 Å².